The van der Waals surface area contributed by atoms with E-state index in [1.54, 1.807) is 18.0 Å². The average Bonchev–Trinajstić information content (AvgIpc) is 3.17. The molecule has 0 aliphatic carbocycles. The minimum Gasteiger partial charge on any atom is -0.349 e. The molecule has 6 heteroatoms. The number of carbonyl (C=O) groups excluding carboxylic acids is 1. The van der Waals surface area contributed by atoms with E-state index in [9.17, 15) is 4.79 Å². The second-order valence-electron chi connectivity index (χ2n) is 5.95. The van der Waals surface area contributed by atoms with Crippen LogP contribution in [0.25, 0.3) is 5.69 Å². The minimum absolute atomic E-state index is 0.0237. The molecule has 0 fully saturated rings. The van der Waals surface area contributed by atoms with Crippen molar-refractivity contribution < 1.29 is 4.79 Å². The number of amides is 1. The SMILES string of the molecule is C[C@H](NC(=O)CSCc1ccc(-n2cccn2)cc1)c1cccc(Cl)c1. The summed E-state index contributed by atoms with van der Waals surface area (Å²) >= 11 is 7.60. The van der Waals surface area contributed by atoms with Crippen LogP contribution >= 0.6 is 23.4 Å². The van der Waals surface area contributed by atoms with E-state index in [-0.39, 0.29) is 11.9 Å². The molecule has 2 aromatic carbocycles. The van der Waals surface area contributed by atoms with Crippen LogP contribution in [0, 0.1) is 0 Å². The third-order valence-corrected chi connectivity index (χ3v) is 5.17. The van der Waals surface area contributed by atoms with E-state index in [0.717, 1.165) is 17.0 Å². The zero-order chi connectivity index (χ0) is 18.4. The number of thioether (sulfide) groups is 1. The first-order valence-corrected chi connectivity index (χ1v) is 9.86. The van der Waals surface area contributed by atoms with E-state index in [1.165, 1.54) is 5.56 Å². The van der Waals surface area contributed by atoms with E-state index in [4.69, 9.17) is 11.6 Å². The van der Waals surface area contributed by atoms with Crippen molar-refractivity contribution in [2.75, 3.05) is 5.75 Å². The van der Waals surface area contributed by atoms with Gasteiger partial charge in [0, 0.05) is 23.2 Å². The average molecular weight is 386 g/mol. The smallest absolute Gasteiger partial charge is 0.230 e. The van der Waals surface area contributed by atoms with Crippen molar-refractivity contribution in [2.24, 2.45) is 0 Å². The van der Waals surface area contributed by atoms with Crippen LogP contribution in [0.5, 0.6) is 0 Å². The van der Waals surface area contributed by atoms with Crippen molar-refractivity contribution in [1.29, 1.82) is 0 Å². The maximum Gasteiger partial charge on any atom is 0.230 e. The Morgan fingerprint density at radius 2 is 2.04 bits per heavy atom. The monoisotopic (exact) mass is 385 g/mol. The number of aromatic nitrogens is 2. The molecule has 26 heavy (non-hydrogen) atoms. The van der Waals surface area contributed by atoms with Gasteiger partial charge < -0.3 is 5.32 Å². The minimum atomic E-state index is -0.0600. The number of hydrogen-bond acceptors (Lipinski definition) is 3. The predicted molar refractivity (Wildman–Crippen MR) is 108 cm³/mol. The lowest BCUT2D eigenvalue weighted by Crippen LogP contribution is -2.28. The van der Waals surface area contributed by atoms with E-state index in [0.29, 0.717) is 10.8 Å². The maximum atomic E-state index is 12.1. The van der Waals surface area contributed by atoms with Crippen LogP contribution in [0.15, 0.2) is 67.0 Å². The Balaban J connectivity index is 1.45. The topological polar surface area (TPSA) is 46.9 Å². The first kappa shape index (κ1) is 18.5. The highest BCUT2D eigenvalue weighted by atomic mass is 35.5. The second kappa shape index (κ2) is 8.92. The van der Waals surface area contributed by atoms with Crippen molar-refractivity contribution in [3.63, 3.8) is 0 Å². The fourth-order valence-corrected chi connectivity index (χ4v) is 3.57. The summed E-state index contributed by atoms with van der Waals surface area (Å²) in [6, 6.07) is 17.6. The van der Waals surface area contributed by atoms with Gasteiger partial charge in [-0.15, -0.1) is 11.8 Å². The molecule has 134 valence electrons. The Morgan fingerprint density at radius 3 is 2.73 bits per heavy atom. The summed E-state index contributed by atoms with van der Waals surface area (Å²) in [5.41, 5.74) is 3.21. The van der Waals surface area contributed by atoms with Gasteiger partial charge in [0.15, 0.2) is 0 Å². The van der Waals surface area contributed by atoms with Gasteiger partial charge in [-0.3, -0.25) is 4.79 Å². The Kier molecular flexibility index (Phi) is 6.36. The molecule has 0 spiro atoms. The van der Waals surface area contributed by atoms with Crippen molar-refractivity contribution in [3.05, 3.63) is 83.1 Å². The first-order valence-electron chi connectivity index (χ1n) is 8.33. The number of hydrogen-bond donors (Lipinski definition) is 1. The molecule has 1 heterocycles. The summed E-state index contributed by atoms with van der Waals surface area (Å²) in [6.07, 6.45) is 3.67. The predicted octanol–water partition coefficient (Wildman–Crippen LogP) is 4.64. The number of nitrogens with zero attached hydrogens (tertiary/aromatic N) is 2. The molecular weight excluding hydrogens is 366 g/mol. The number of rotatable bonds is 7. The lowest BCUT2D eigenvalue weighted by atomic mass is 10.1. The molecule has 3 rings (SSSR count). The molecule has 4 nitrogen and oxygen atoms in total. The molecule has 0 saturated carbocycles. The lowest BCUT2D eigenvalue weighted by Gasteiger charge is -2.14. The highest BCUT2D eigenvalue weighted by Gasteiger charge is 2.10. The van der Waals surface area contributed by atoms with Crippen LogP contribution in [0.1, 0.15) is 24.1 Å². The van der Waals surface area contributed by atoms with Crippen molar-refractivity contribution in [1.82, 2.24) is 15.1 Å². The fraction of sp³-hybridized carbons (Fsp3) is 0.200. The summed E-state index contributed by atoms with van der Waals surface area (Å²) in [4.78, 5) is 12.1. The van der Waals surface area contributed by atoms with Gasteiger partial charge >= 0.3 is 0 Å². The lowest BCUT2D eigenvalue weighted by molar-refractivity contribution is -0.119. The van der Waals surface area contributed by atoms with Gasteiger partial charge in [0.05, 0.1) is 17.5 Å². The molecule has 1 amide bonds. The second-order valence-corrected chi connectivity index (χ2v) is 7.38. The third-order valence-electron chi connectivity index (χ3n) is 3.93. The zero-order valence-corrected chi connectivity index (χ0v) is 16.0. The molecular formula is C20H20ClN3OS. The molecule has 1 atom stereocenters. The Morgan fingerprint density at radius 1 is 1.23 bits per heavy atom. The van der Waals surface area contributed by atoms with Gasteiger partial charge in [0.25, 0.3) is 0 Å². The molecule has 0 saturated heterocycles. The Hall–Kier alpha value is -2.24. The molecule has 0 aliphatic heterocycles. The summed E-state index contributed by atoms with van der Waals surface area (Å²) in [5.74, 6) is 1.24. The molecule has 1 aromatic heterocycles. The van der Waals surface area contributed by atoms with Gasteiger partial charge in [0.2, 0.25) is 5.91 Å². The van der Waals surface area contributed by atoms with Crippen molar-refractivity contribution in [3.8, 4) is 5.69 Å². The van der Waals surface area contributed by atoms with E-state index >= 15 is 0 Å². The highest BCUT2D eigenvalue weighted by molar-refractivity contribution is 7.99. The molecule has 0 unspecified atom stereocenters. The largest absolute Gasteiger partial charge is 0.349 e. The molecule has 3 aromatic rings. The van der Waals surface area contributed by atoms with Crippen LogP contribution in [-0.2, 0) is 10.5 Å². The molecule has 0 radical (unpaired) electrons. The van der Waals surface area contributed by atoms with Crippen molar-refractivity contribution >= 4 is 29.3 Å². The van der Waals surface area contributed by atoms with Gasteiger partial charge in [0.1, 0.15) is 0 Å². The van der Waals surface area contributed by atoms with Gasteiger partial charge in [-0.1, -0.05) is 35.9 Å². The number of nitrogens with one attached hydrogen (secondary N) is 1. The van der Waals surface area contributed by atoms with Gasteiger partial charge in [-0.2, -0.15) is 5.10 Å². The van der Waals surface area contributed by atoms with E-state index < -0.39 is 0 Å². The fourth-order valence-electron chi connectivity index (χ4n) is 2.57. The van der Waals surface area contributed by atoms with Crippen LogP contribution in [0.4, 0.5) is 0 Å². The summed E-state index contributed by atoms with van der Waals surface area (Å²) in [5, 5.41) is 7.89. The Bertz CT molecular complexity index is 850. The molecule has 0 bridgehead atoms. The summed E-state index contributed by atoms with van der Waals surface area (Å²) in [6.45, 7) is 1.96. The van der Waals surface area contributed by atoms with Crippen LogP contribution in [0.3, 0.4) is 0 Å². The molecule has 1 N–H and O–H groups in total. The third kappa shape index (κ3) is 5.13. The van der Waals surface area contributed by atoms with Crippen LogP contribution < -0.4 is 5.32 Å². The normalized spacial score (nSPS) is 11.9. The summed E-state index contributed by atoms with van der Waals surface area (Å²) < 4.78 is 1.82. The van der Waals surface area contributed by atoms with Crippen LogP contribution in [0.2, 0.25) is 5.02 Å². The van der Waals surface area contributed by atoms with E-state index in [2.05, 4.69) is 22.5 Å². The quantitative estimate of drug-likeness (QED) is 0.644. The van der Waals surface area contributed by atoms with Crippen LogP contribution in [-0.4, -0.2) is 21.4 Å². The van der Waals surface area contributed by atoms with E-state index in [1.807, 2.05) is 60.3 Å². The first-order chi connectivity index (χ1) is 12.6. The number of halogens is 1. The summed E-state index contributed by atoms with van der Waals surface area (Å²) in [7, 11) is 0. The number of benzene rings is 2. The molecule has 0 aliphatic rings. The zero-order valence-electron chi connectivity index (χ0n) is 14.4. The standard InChI is InChI=1S/C20H20ClN3OS/c1-15(17-4-2-5-18(21)12-17)23-20(25)14-26-13-16-6-8-19(9-7-16)24-11-3-10-22-24/h2-12,15H,13-14H2,1H3,(H,23,25)/t15-/m0/s1. The van der Waals surface area contributed by atoms with Crippen molar-refractivity contribution in [2.45, 2.75) is 18.7 Å². The highest BCUT2D eigenvalue weighted by Crippen LogP contribution is 2.18. The van der Waals surface area contributed by atoms with Gasteiger partial charge in [-0.05, 0) is 48.4 Å². The maximum absolute atomic E-state index is 12.1. The van der Waals surface area contributed by atoms with Gasteiger partial charge in [-0.25, -0.2) is 4.68 Å². The number of carbonyl (C=O) groups is 1. The Labute approximate surface area is 162 Å².